The lowest BCUT2D eigenvalue weighted by Gasteiger charge is -2.34. The molecule has 422 valence electrons. The Hall–Kier alpha value is -9.12. The van der Waals surface area contributed by atoms with Gasteiger partial charge in [0.1, 0.15) is 0 Å². The van der Waals surface area contributed by atoms with Crippen molar-refractivity contribution < 1.29 is 0 Å². The molecule has 0 radical (unpaired) electrons. The number of aromatic nitrogens is 2. The van der Waals surface area contributed by atoms with Crippen molar-refractivity contribution in [2.45, 2.75) is 118 Å². The molecule has 4 nitrogen and oxygen atoms in total. The van der Waals surface area contributed by atoms with Gasteiger partial charge in [-0.3, -0.25) is 0 Å². The topological polar surface area (TPSA) is 16.3 Å². The molecular formula is C82H74N4. The van der Waals surface area contributed by atoms with Crippen LogP contribution in [-0.2, 0) is 38.5 Å². The highest BCUT2D eigenvalue weighted by atomic mass is 15.2. The van der Waals surface area contributed by atoms with E-state index in [4.69, 9.17) is 0 Å². The summed E-state index contributed by atoms with van der Waals surface area (Å²) in [5.74, 6) is 0.516. The van der Waals surface area contributed by atoms with Gasteiger partial charge < -0.3 is 18.9 Å². The Labute approximate surface area is 505 Å². The summed E-state index contributed by atoms with van der Waals surface area (Å²) in [4.78, 5) is 5.37. The van der Waals surface area contributed by atoms with Crippen molar-refractivity contribution in [1.29, 1.82) is 0 Å². The van der Waals surface area contributed by atoms with Gasteiger partial charge in [-0.2, -0.15) is 0 Å². The van der Waals surface area contributed by atoms with Crippen LogP contribution in [0.2, 0.25) is 0 Å². The number of nitrogens with zero attached hydrogens (tertiary/aromatic N) is 4. The van der Waals surface area contributed by atoms with Crippen molar-refractivity contribution in [3.05, 3.63) is 251 Å². The molecule has 0 saturated carbocycles. The van der Waals surface area contributed by atoms with Crippen LogP contribution in [0.1, 0.15) is 124 Å². The second kappa shape index (κ2) is 20.8. The first-order chi connectivity index (χ1) is 42.2. The first-order valence-electron chi connectivity index (χ1n) is 32.1. The van der Waals surface area contributed by atoms with Crippen LogP contribution in [0.4, 0.5) is 34.1 Å². The van der Waals surface area contributed by atoms with Gasteiger partial charge in [-0.15, -0.1) is 0 Å². The fourth-order valence-corrected chi connectivity index (χ4v) is 15.7. The fourth-order valence-electron chi connectivity index (χ4n) is 15.7. The summed E-state index contributed by atoms with van der Waals surface area (Å²) in [6, 6.07) is 80.4. The van der Waals surface area contributed by atoms with Gasteiger partial charge in [0.05, 0.1) is 33.4 Å². The standard InChI is InChI=1S/C82H74N4/c1-7-53-21-17-27-57(45-53)83-75-33-15-13-31-63(75)65-39-37-59(47-77(65)83)85(73-35-19-25-55-23-9-11-29-61(55)73)79-49-71(51(3)4)67-42-44-70-80(50-72(52(5)6)68-41-43-69(79)81(67)82(68)70)86(74-36-20-26-56-24-10-12-30-62(56)74)60-38-40-66-64-32-14-16-34-76(64)84(78(66)48-60)58-28-18-22-54(8-2)46-58/h13-22,25-28,31-52H,7-12,23-24,29-30H2,1-6H3. The fraction of sp³-hybridized carbons (Fsp3) is 0.220. The molecule has 0 aliphatic heterocycles. The zero-order valence-electron chi connectivity index (χ0n) is 50.6. The third-order valence-corrected chi connectivity index (χ3v) is 19.9. The molecule has 0 bridgehead atoms. The van der Waals surface area contributed by atoms with Crippen molar-refractivity contribution in [2.24, 2.45) is 0 Å². The maximum Gasteiger partial charge on any atom is 0.0561 e. The summed E-state index contributed by atoms with van der Waals surface area (Å²) in [6.07, 6.45) is 11.2. The molecule has 2 heterocycles. The van der Waals surface area contributed by atoms with Crippen LogP contribution in [0.3, 0.4) is 0 Å². The highest BCUT2D eigenvalue weighted by Gasteiger charge is 2.30. The van der Waals surface area contributed by atoms with Gasteiger partial charge in [0.15, 0.2) is 0 Å². The summed E-state index contributed by atoms with van der Waals surface area (Å²) in [7, 11) is 0. The van der Waals surface area contributed by atoms with E-state index < -0.39 is 0 Å². The van der Waals surface area contributed by atoms with E-state index in [1.54, 1.807) is 0 Å². The molecule has 86 heavy (non-hydrogen) atoms. The number of para-hydroxylation sites is 2. The molecule has 0 saturated heterocycles. The third kappa shape index (κ3) is 8.23. The van der Waals surface area contributed by atoms with Crippen molar-refractivity contribution >= 4 is 110 Å². The molecule has 0 fully saturated rings. The SMILES string of the molecule is CCc1cccc(-n2c3ccccc3c3ccc(N(c4cccc5c4CCCC5)c4cc(C(C)C)c5ccc6c(N(c7ccc8c9ccccc9n(-c9cccc(CC)c9)c8c7)c7cccc8c7CCCC8)cc(C(C)C)c7ccc4c5c76)cc32)c1. The van der Waals surface area contributed by atoms with Crippen LogP contribution in [0, 0.1) is 0 Å². The first-order valence-corrected chi connectivity index (χ1v) is 32.1. The molecule has 0 atom stereocenters. The zero-order valence-corrected chi connectivity index (χ0v) is 50.6. The minimum Gasteiger partial charge on any atom is -0.309 e. The molecule has 0 unspecified atom stereocenters. The van der Waals surface area contributed by atoms with Crippen LogP contribution < -0.4 is 9.80 Å². The van der Waals surface area contributed by atoms with Crippen molar-refractivity contribution in [3.63, 3.8) is 0 Å². The Bertz CT molecular complexity index is 4690. The van der Waals surface area contributed by atoms with Crippen LogP contribution in [0.25, 0.3) is 87.3 Å². The lowest BCUT2D eigenvalue weighted by Crippen LogP contribution is -2.17. The highest BCUT2D eigenvalue weighted by Crippen LogP contribution is 2.53. The maximum atomic E-state index is 2.68. The van der Waals surface area contributed by atoms with E-state index in [2.05, 4.69) is 267 Å². The summed E-state index contributed by atoms with van der Waals surface area (Å²) in [5.41, 5.74) is 26.0. The van der Waals surface area contributed by atoms with E-state index in [-0.39, 0.29) is 11.8 Å². The molecule has 2 aliphatic rings. The van der Waals surface area contributed by atoms with E-state index in [1.807, 2.05) is 0 Å². The zero-order chi connectivity index (χ0) is 57.9. The van der Waals surface area contributed by atoms with E-state index >= 15 is 0 Å². The average molecular weight is 1120 g/mol. The average Bonchev–Trinajstić information content (AvgIpc) is 0.862. The smallest absolute Gasteiger partial charge is 0.0561 e. The monoisotopic (exact) mass is 1110 g/mol. The molecular weight excluding hydrogens is 1040 g/mol. The molecule has 0 N–H and O–H groups in total. The predicted octanol–water partition coefficient (Wildman–Crippen LogP) is 22.8. The highest BCUT2D eigenvalue weighted by molar-refractivity contribution is 6.30. The largest absolute Gasteiger partial charge is 0.309 e. The molecule has 2 aromatic heterocycles. The van der Waals surface area contributed by atoms with E-state index in [0.29, 0.717) is 0 Å². The molecule has 0 amide bonds. The normalized spacial score (nSPS) is 13.6. The van der Waals surface area contributed by atoms with Crippen LogP contribution >= 0.6 is 0 Å². The first kappa shape index (κ1) is 52.4. The van der Waals surface area contributed by atoms with E-state index in [0.717, 1.165) is 38.5 Å². The number of rotatable bonds is 12. The number of hydrogen-bond donors (Lipinski definition) is 0. The summed E-state index contributed by atoms with van der Waals surface area (Å²) in [6.45, 7) is 14.1. The Balaban J connectivity index is 0.997. The second-order valence-electron chi connectivity index (χ2n) is 25.4. The van der Waals surface area contributed by atoms with Crippen LogP contribution in [0.5, 0.6) is 0 Å². The van der Waals surface area contributed by atoms with Crippen molar-refractivity contribution in [3.8, 4) is 11.4 Å². The van der Waals surface area contributed by atoms with Gasteiger partial charge >= 0.3 is 0 Å². The molecule has 16 rings (SSSR count). The Morgan fingerprint density at radius 2 is 0.733 bits per heavy atom. The molecule has 12 aromatic carbocycles. The summed E-state index contributed by atoms with van der Waals surface area (Å²) >= 11 is 0. The lowest BCUT2D eigenvalue weighted by molar-refractivity contribution is 0.686. The Morgan fingerprint density at radius 3 is 1.17 bits per heavy atom. The van der Waals surface area contributed by atoms with Gasteiger partial charge in [0.2, 0.25) is 0 Å². The van der Waals surface area contributed by atoms with Gasteiger partial charge in [0, 0.05) is 66.4 Å². The molecule has 14 aromatic rings. The number of fused-ring (bicyclic) bond motifs is 8. The van der Waals surface area contributed by atoms with Gasteiger partial charge in [0.25, 0.3) is 0 Å². The third-order valence-electron chi connectivity index (χ3n) is 19.9. The minimum absolute atomic E-state index is 0.258. The maximum absolute atomic E-state index is 2.68. The van der Waals surface area contributed by atoms with Crippen molar-refractivity contribution in [1.82, 2.24) is 9.13 Å². The Kier molecular flexibility index (Phi) is 12.7. The number of aryl methyl sites for hydroxylation is 4. The van der Waals surface area contributed by atoms with Gasteiger partial charge in [-0.25, -0.2) is 0 Å². The summed E-state index contributed by atoms with van der Waals surface area (Å²) < 4.78 is 5.03. The number of anilines is 6. The number of benzene rings is 12. The minimum atomic E-state index is 0.258. The second-order valence-corrected chi connectivity index (χ2v) is 25.4. The van der Waals surface area contributed by atoms with Crippen molar-refractivity contribution in [2.75, 3.05) is 9.80 Å². The van der Waals surface area contributed by atoms with E-state index in [9.17, 15) is 0 Å². The molecule has 4 heteroatoms. The van der Waals surface area contributed by atoms with Gasteiger partial charge in [-0.05, 0) is 227 Å². The van der Waals surface area contributed by atoms with Gasteiger partial charge in [-0.1, -0.05) is 163 Å². The van der Waals surface area contributed by atoms with Crippen LogP contribution in [0.15, 0.2) is 206 Å². The van der Waals surface area contributed by atoms with Crippen LogP contribution in [-0.4, -0.2) is 9.13 Å². The predicted molar refractivity (Wildman–Crippen MR) is 368 cm³/mol. The molecule has 2 aliphatic carbocycles. The lowest BCUT2D eigenvalue weighted by atomic mass is 9.83. The quantitative estimate of drug-likeness (QED) is 0.113. The van der Waals surface area contributed by atoms with E-state index in [1.165, 1.54) is 192 Å². The Morgan fingerprint density at radius 1 is 0.337 bits per heavy atom. The molecule has 0 spiro atoms. The summed E-state index contributed by atoms with van der Waals surface area (Å²) in [5, 5.41) is 13.0. The number of hydrogen-bond acceptors (Lipinski definition) is 2.